The number of rotatable bonds is 3. The summed E-state index contributed by atoms with van der Waals surface area (Å²) < 4.78 is 11.5. The number of benzene rings is 1. The van der Waals surface area contributed by atoms with E-state index >= 15 is 0 Å². The smallest absolute Gasteiger partial charge is 0.162 e. The Kier molecular flexibility index (Phi) is 4.00. The first-order valence-corrected chi connectivity index (χ1v) is 7.69. The standard InChI is InChI=1S/C17H23NO3/c1-4-15(19)11-5-6-16(20-3)13-9-14-17(10-12(11)13)21-8-7-18(14)2/h5-6,14,17H,4,7-10H2,1-3H3/t14-,17-/m1/s1. The van der Waals surface area contributed by atoms with Gasteiger partial charge < -0.3 is 9.47 Å². The molecule has 1 aromatic carbocycles. The first-order chi connectivity index (χ1) is 10.2. The largest absolute Gasteiger partial charge is 0.496 e. The number of fused-ring (bicyclic) bond motifs is 2. The van der Waals surface area contributed by atoms with Crippen LogP contribution in [0, 0.1) is 0 Å². The van der Waals surface area contributed by atoms with Crippen molar-refractivity contribution in [1.82, 2.24) is 4.90 Å². The van der Waals surface area contributed by atoms with Gasteiger partial charge in [-0.25, -0.2) is 0 Å². The van der Waals surface area contributed by atoms with Crippen LogP contribution in [0.3, 0.4) is 0 Å². The fraction of sp³-hybridized carbons (Fsp3) is 0.588. The number of carbonyl (C=O) groups is 1. The molecule has 1 heterocycles. The first-order valence-electron chi connectivity index (χ1n) is 7.69. The predicted molar refractivity (Wildman–Crippen MR) is 81.2 cm³/mol. The number of carbonyl (C=O) groups excluding carboxylic acids is 1. The van der Waals surface area contributed by atoms with Crippen LogP contribution in [-0.2, 0) is 17.6 Å². The van der Waals surface area contributed by atoms with E-state index in [-0.39, 0.29) is 11.9 Å². The van der Waals surface area contributed by atoms with E-state index in [0.717, 1.165) is 42.9 Å². The van der Waals surface area contributed by atoms with Gasteiger partial charge in [-0.05, 0) is 36.7 Å². The molecular weight excluding hydrogens is 266 g/mol. The Morgan fingerprint density at radius 2 is 2.19 bits per heavy atom. The van der Waals surface area contributed by atoms with Crippen molar-refractivity contribution in [3.8, 4) is 5.75 Å². The Hall–Kier alpha value is -1.39. The van der Waals surface area contributed by atoms with Gasteiger partial charge in [-0.3, -0.25) is 9.69 Å². The maximum absolute atomic E-state index is 12.2. The number of nitrogens with zero attached hydrogens (tertiary/aromatic N) is 1. The lowest BCUT2D eigenvalue weighted by Gasteiger charge is -2.43. The summed E-state index contributed by atoms with van der Waals surface area (Å²) in [4.78, 5) is 14.6. The molecule has 2 atom stereocenters. The van der Waals surface area contributed by atoms with Crippen LogP contribution in [0.1, 0.15) is 34.8 Å². The third-order valence-corrected chi connectivity index (χ3v) is 4.82. The molecule has 3 rings (SSSR count). The Balaban J connectivity index is 2.05. The fourth-order valence-electron chi connectivity index (χ4n) is 3.57. The Morgan fingerprint density at radius 3 is 2.90 bits per heavy atom. The lowest BCUT2D eigenvalue weighted by Crippen LogP contribution is -2.53. The summed E-state index contributed by atoms with van der Waals surface area (Å²) >= 11 is 0. The van der Waals surface area contributed by atoms with E-state index in [1.165, 1.54) is 5.56 Å². The Bertz CT molecular complexity index is 555. The number of ether oxygens (including phenoxy) is 2. The molecule has 1 fully saturated rings. The SMILES string of the molecule is CCC(=O)c1ccc(OC)c2c1C[C@H]1OCCN(C)[C@@H]1C2. The molecule has 1 aliphatic heterocycles. The van der Waals surface area contributed by atoms with E-state index in [9.17, 15) is 4.79 Å². The number of ketones is 1. The van der Waals surface area contributed by atoms with E-state index in [2.05, 4.69) is 11.9 Å². The van der Waals surface area contributed by atoms with Gasteiger partial charge in [-0.2, -0.15) is 0 Å². The third-order valence-electron chi connectivity index (χ3n) is 4.82. The van der Waals surface area contributed by atoms with Crippen LogP contribution < -0.4 is 4.74 Å². The molecule has 0 bridgehead atoms. The second kappa shape index (κ2) is 5.78. The molecule has 0 spiro atoms. The van der Waals surface area contributed by atoms with Crippen LogP contribution in [0.15, 0.2) is 12.1 Å². The van der Waals surface area contributed by atoms with Crippen molar-refractivity contribution in [3.63, 3.8) is 0 Å². The van der Waals surface area contributed by atoms with Crippen LogP contribution >= 0.6 is 0 Å². The number of likely N-dealkylation sites (N-methyl/N-ethyl adjacent to an activating group) is 1. The summed E-state index contributed by atoms with van der Waals surface area (Å²) in [5.74, 6) is 1.10. The molecule has 0 unspecified atom stereocenters. The van der Waals surface area contributed by atoms with E-state index < -0.39 is 0 Å². The summed E-state index contributed by atoms with van der Waals surface area (Å²) in [5, 5.41) is 0. The van der Waals surface area contributed by atoms with Crippen molar-refractivity contribution in [2.45, 2.75) is 38.3 Å². The highest BCUT2D eigenvalue weighted by Gasteiger charge is 2.37. The Labute approximate surface area is 126 Å². The van der Waals surface area contributed by atoms with Crippen LogP contribution in [-0.4, -0.2) is 50.1 Å². The lowest BCUT2D eigenvalue weighted by atomic mass is 9.80. The van der Waals surface area contributed by atoms with Gasteiger partial charge in [0.1, 0.15) is 5.75 Å². The van der Waals surface area contributed by atoms with Gasteiger partial charge in [-0.1, -0.05) is 6.92 Å². The second-order valence-corrected chi connectivity index (χ2v) is 5.91. The van der Waals surface area contributed by atoms with E-state index in [1.54, 1.807) is 7.11 Å². The minimum atomic E-state index is 0.187. The lowest BCUT2D eigenvalue weighted by molar-refractivity contribution is -0.0646. The average Bonchev–Trinajstić information content (AvgIpc) is 2.52. The van der Waals surface area contributed by atoms with Gasteiger partial charge in [-0.15, -0.1) is 0 Å². The third kappa shape index (κ3) is 2.47. The highest BCUT2D eigenvalue weighted by molar-refractivity contribution is 5.98. The molecule has 1 saturated heterocycles. The maximum atomic E-state index is 12.2. The zero-order valence-electron chi connectivity index (χ0n) is 13.0. The van der Waals surface area contributed by atoms with Crippen molar-refractivity contribution < 1.29 is 14.3 Å². The Morgan fingerprint density at radius 1 is 1.38 bits per heavy atom. The zero-order chi connectivity index (χ0) is 15.0. The molecule has 114 valence electrons. The minimum Gasteiger partial charge on any atom is -0.496 e. The van der Waals surface area contributed by atoms with Gasteiger partial charge in [0.2, 0.25) is 0 Å². The van der Waals surface area contributed by atoms with Gasteiger partial charge in [0.25, 0.3) is 0 Å². The van der Waals surface area contributed by atoms with Gasteiger partial charge in [0.05, 0.1) is 19.8 Å². The molecular formula is C17H23NO3. The summed E-state index contributed by atoms with van der Waals surface area (Å²) in [7, 11) is 3.85. The van der Waals surface area contributed by atoms with Crippen molar-refractivity contribution in [3.05, 3.63) is 28.8 Å². The quantitative estimate of drug-likeness (QED) is 0.799. The van der Waals surface area contributed by atoms with Crippen LogP contribution in [0.5, 0.6) is 5.75 Å². The molecule has 21 heavy (non-hydrogen) atoms. The van der Waals surface area contributed by atoms with Gasteiger partial charge >= 0.3 is 0 Å². The molecule has 0 radical (unpaired) electrons. The molecule has 2 aliphatic rings. The van der Waals surface area contributed by atoms with E-state index in [4.69, 9.17) is 9.47 Å². The van der Waals surface area contributed by atoms with Gasteiger partial charge in [0, 0.05) is 31.0 Å². The summed E-state index contributed by atoms with van der Waals surface area (Å²) in [6.45, 7) is 3.65. The number of Topliss-reactive ketones (excluding diaryl/α,β-unsaturated/α-hetero) is 1. The number of hydrogen-bond donors (Lipinski definition) is 0. The predicted octanol–water partition coefficient (Wildman–Crippen LogP) is 2.09. The zero-order valence-corrected chi connectivity index (χ0v) is 13.0. The molecule has 1 aromatic rings. The van der Waals surface area contributed by atoms with Crippen LogP contribution in [0.2, 0.25) is 0 Å². The minimum absolute atomic E-state index is 0.187. The normalized spacial score (nSPS) is 25.1. The van der Waals surface area contributed by atoms with Crippen molar-refractivity contribution in [2.75, 3.05) is 27.3 Å². The van der Waals surface area contributed by atoms with Crippen LogP contribution in [0.25, 0.3) is 0 Å². The maximum Gasteiger partial charge on any atom is 0.162 e. The highest BCUT2D eigenvalue weighted by atomic mass is 16.5. The number of hydrogen-bond acceptors (Lipinski definition) is 4. The molecule has 4 heteroatoms. The van der Waals surface area contributed by atoms with Crippen LogP contribution in [0.4, 0.5) is 0 Å². The average molecular weight is 289 g/mol. The monoisotopic (exact) mass is 289 g/mol. The van der Waals surface area contributed by atoms with E-state index in [0.29, 0.717) is 12.5 Å². The van der Waals surface area contributed by atoms with Crippen molar-refractivity contribution >= 4 is 5.78 Å². The molecule has 0 aromatic heterocycles. The topological polar surface area (TPSA) is 38.8 Å². The molecule has 0 N–H and O–H groups in total. The highest BCUT2D eigenvalue weighted by Crippen LogP contribution is 2.36. The number of morpholine rings is 1. The molecule has 4 nitrogen and oxygen atoms in total. The molecule has 1 aliphatic carbocycles. The molecule has 0 amide bonds. The van der Waals surface area contributed by atoms with Gasteiger partial charge in [0.15, 0.2) is 5.78 Å². The molecule has 0 saturated carbocycles. The second-order valence-electron chi connectivity index (χ2n) is 5.91. The summed E-state index contributed by atoms with van der Waals surface area (Å²) in [6, 6.07) is 4.23. The first kappa shape index (κ1) is 14.5. The van der Waals surface area contributed by atoms with E-state index in [1.807, 2.05) is 19.1 Å². The van der Waals surface area contributed by atoms with Crippen molar-refractivity contribution in [1.29, 1.82) is 0 Å². The summed E-state index contributed by atoms with van der Waals surface area (Å²) in [5.41, 5.74) is 3.18. The van der Waals surface area contributed by atoms with Crippen molar-refractivity contribution in [2.24, 2.45) is 0 Å². The number of methoxy groups -OCH3 is 1. The summed E-state index contributed by atoms with van der Waals surface area (Å²) in [6.07, 6.45) is 2.42. The fourth-order valence-corrected chi connectivity index (χ4v) is 3.57.